The number of nitrogens with zero attached hydrogens (tertiary/aromatic N) is 4. The molecule has 0 saturated carbocycles. The number of hydrogen-bond donors (Lipinski definition) is 2. The summed E-state index contributed by atoms with van der Waals surface area (Å²) < 4.78 is 5.60. The van der Waals surface area contributed by atoms with E-state index in [9.17, 15) is 15.3 Å². The Morgan fingerprint density at radius 1 is 1.36 bits per heavy atom. The van der Waals surface area contributed by atoms with Crippen LogP contribution in [0.5, 0.6) is 0 Å². The van der Waals surface area contributed by atoms with E-state index < -0.39 is 23.7 Å². The molecule has 33 heavy (non-hydrogen) atoms. The van der Waals surface area contributed by atoms with Gasteiger partial charge in [0.05, 0.1) is 35.4 Å². The highest BCUT2D eigenvalue weighted by atomic mass is 16.6. The van der Waals surface area contributed by atoms with Gasteiger partial charge in [0.15, 0.2) is 0 Å². The number of benzene rings is 1. The number of nitriles is 2. The topological polar surface area (TPSA) is 128 Å². The lowest BCUT2D eigenvalue weighted by Gasteiger charge is -2.36. The molecular formula is C24H27BN6O2. The summed E-state index contributed by atoms with van der Waals surface area (Å²) in [6, 6.07) is 9.12. The average Bonchev–Trinajstić information content (AvgIpc) is 3.26. The second kappa shape index (κ2) is 9.42. The maximum Gasteiger partial charge on any atom is 0.410 e. The molecule has 2 unspecified atom stereocenters. The molecule has 8 nitrogen and oxygen atoms in total. The van der Waals surface area contributed by atoms with Gasteiger partial charge in [-0.2, -0.15) is 10.5 Å². The van der Waals surface area contributed by atoms with Gasteiger partial charge in [-0.15, -0.1) is 0 Å². The lowest BCUT2D eigenvalue weighted by Crippen LogP contribution is -2.47. The van der Waals surface area contributed by atoms with Gasteiger partial charge >= 0.3 is 6.09 Å². The second-order valence-electron chi connectivity index (χ2n) is 8.94. The number of hydrogen-bond acceptors (Lipinski definition) is 6. The van der Waals surface area contributed by atoms with Crippen LogP contribution in [0.25, 0.3) is 0 Å². The minimum Gasteiger partial charge on any atom is -0.444 e. The number of carbonyl (C=O) groups is 1. The van der Waals surface area contributed by atoms with Crippen molar-refractivity contribution in [2.45, 2.75) is 51.2 Å². The Kier molecular flexibility index (Phi) is 6.83. The highest BCUT2D eigenvalue weighted by molar-refractivity contribution is 6.35. The van der Waals surface area contributed by atoms with E-state index in [0.717, 1.165) is 6.42 Å². The molecule has 1 saturated heterocycles. The number of carbonyl (C=O) groups excluding carboxylic acids is 1. The summed E-state index contributed by atoms with van der Waals surface area (Å²) in [4.78, 5) is 18.9. The molecule has 0 spiro atoms. The number of rotatable bonds is 2. The molecule has 1 fully saturated rings. The monoisotopic (exact) mass is 442 g/mol. The van der Waals surface area contributed by atoms with E-state index >= 15 is 0 Å². The van der Waals surface area contributed by atoms with Gasteiger partial charge in [0.1, 0.15) is 19.3 Å². The molecule has 1 aromatic carbocycles. The molecule has 0 aliphatic carbocycles. The van der Waals surface area contributed by atoms with Crippen molar-refractivity contribution in [3.8, 4) is 12.1 Å². The van der Waals surface area contributed by atoms with Crippen molar-refractivity contribution in [3.05, 3.63) is 52.4 Å². The molecule has 9 heteroatoms. The number of aliphatic imine (C=N–C) groups is 1. The predicted molar refractivity (Wildman–Crippen MR) is 127 cm³/mol. The van der Waals surface area contributed by atoms with Crippen LogP contribution in [0.4, 0.5) is 4.79 Å². The largest absolute Gasteiger partial charge is 0.444 e. The summed E-state index contributed by atoms with van der Waals surface area (Å²) in [5.41, 5.74) is 8.03. The van der Waals surface area contributed by atoms with E-state index in [1.807, 2.05) is 20.8 Å². The van der Waals surface area contributed by atoms with Crippen molar-refractivity contribution in [3.63, 3.8) is 0 Å². The molecule has 1 amide bonds. The molecule has 3 rings (SSSR count). The molecule has 168 valence electrons. The van der Waals surface area contributed by atoms with Crippen LogP contribution < -0.4 is 16.5 Å². The summed E-state index contributed by atoms with van der Waals surface area (Å²) in [5.74, 6) is -0.154. The van der Waals surface area contributed by atoms with Gasteiger partial charge < -0.3 is 15.8 Å². The van der Waals surface area contributed by atoms with Gasteiger partial charge in [-0.3, -0.25) is 9.89 Å². The van der Waals surface area contributed by atoms with Gasteiger partial charge in [-0.1, -0.05) is 17.6 Å². The molecule has 3 N–H and O–H groups in total. The molecule has 2 aliphatic rings. The Morgan fingerprint density at radius 2 is 2.09 bits per heavy atom. The molecular weight excluding hydrogens is 415 g/mol. The number of nitrogens with two attached hydrogens (primary N) is 1. The molecule has 2 radical (unpaired) electrons. The minimum absolute atomic E-state index is 0.282. The SMILES string of the molecule is [B]c1c(C#N)cccc1C1C(C#N)=C(C2CCCN2C(=O)OC(C)(C)C)NC(=NC)/C1=C\N. The number of allylic oxidation sites excluding steroid dienone is 1. The van der Waals surface area contributed by atoms with E-state index in [1.54, 1.807) is 30.1 Å². The quantitative estimate of drug-likeness (QED) is 0.676. The van der Waals surface area contributed by atoms with Crippen molar-refractivity contribution >= 4 is 25.2 Å². The zero-order valence-electron chi connectivity index (χ0n) is 19.3. The van der Waals surface area contributed by atoms with E-state index in [-0.39, 0.29) is 5.46 Å². The number of likely N-dealkylation sites (tertiary alicyclic amines) is 1. The first-order chi connectivity index (χ1) is 15.7. The van der Waals surface area contributed by atoms with Gasteiger partial charge in [0, 0.05) is 30.9 Å². The predicted octanol–water partition coefficient (Wildman–Crippen LogP) is 2.09. The fourth-order valence-electron chi connectivity index (χ4n) is 4.32. The summed E-state index contributed by atoms with van der Waals surface area (Å²) in [6.07, 6.45) is 2.39. The lowest BCUT2D eigenvalue weighted by atomic mass is 9.73. The second-order valence-corrected chi connectivity index (χ2v) is 8.94. The highest BCUT2D eigenvalue weighted by Gasteiger charge is 2.41. The molecule has 1 aromatic rings. The van der Waals surface area contributed by atoms with Crippen LogP contribution in [0.2, 0.25) is 0 Å². The van der Waals surface area contributed by atoms with E-state index in [1.165, 1.54) is 6.20 Å². The highest BCUT2D eigenvalue weighted by Crippen LogP contribution is 2.39. The van der Waals surface area contributed by atoms with Gasteiger partial charge in [-0.25, -0.2) is 4.79 Å². The summed E-state index contributed by atoms with van der Waals surface area (Å²) in [5, 5.41) is 23.0. The third kappa shape index (κ3) is 4.59. The summed E-state index contributed by atoms with van der Waals surface area (Å²) >= 11 is 0. The number of amides is 1. The summed E-state index contributed by atoms with van der Waals surface area (Å²) in [6.45, 7) is 5.96. The Morgan fingerprint density at radius 3 is 2.67 bits per heavy atom. The molecule has 2 heterocycles. The molecule has 0 bridgehead atoms. The maximum atomic E-state index is 12.9. The van der Waals surface area contributed by atoms with Gasteiger partial charge in [0.25, 0.3) is 0 Å². The van der Waals surface area contributed by atoms with Crippen molar-refractivity contribution < 1.29 is 9.53 Å². The maximum absolute atomic E-state index is 12.9. The molecule has 2 atom stereocenters. The Bertz CT molecular complexity index is 1130. The average molecular weight is 442 g/mol. The first-order valence-corrected chi connectivity index (χ1v) is 10.7. The third-order valence-corrected chi connectivity index (χ3v) is 5.73. The van der Waals surface area contributed by atoms with Crippen LogP contribution in [-0.4, -0.2) is 49.9 Å². The smallest absolute Gasteiger partial charge is 0.410 e. The fourth-order valence-corrected chi connectivity index (χ4v) is 4.32. The Labute approximate surface area is 195 Å². The van der Waals surface area contributed by atoms with Crippen molar-refractivity contribution in [1.82, 2.24) is 10.2 Å². The van der Waals surface area contributed by atoms with Crippen LogP contribution in [0.1, 0.15) is 50.7 Å². The van der Waals surface area contributed by atoms with Gasteiger partial charge in [0.2, 0.25) is 0 Å². The van der Waals surface area contributed by atoms with Crippen molar-refractivity contribution in [1.29, 1.82) is 10.5 Å². The fraction of sp³-hybridized carbons (Fsp3) is 0.417. The van der Waals surface area contributed by atoms with E-state index in [4.69, 9.17) is 18.3 Å². The molecule has 0 aromatic heterocycles. The van der Waals surface area contributed by atoms with Crippen LogP contribution >= 0.6 is 0 Å². The third-order valence-electron chi connectivity index (χ3n) is 5.73. The van der Waals surface area contributed by atoms with Crippen LogP contribution in [0.3, 0.4) is 0 Å². The number of amidine groups is 1. The van der Waals surface area contributed by atoms with E-state index in [0.29, 0.717) is 46.8 Å². The zero-order chi connectivity index (χ0) is 24.3. The number of nitrogens with one attached hydrogen (secondary N) is 1. The standard InChI is InChI=1S/C24H27BN6O2/c1-24(2,3)33-23(32)31-10-6-9-18(31)21-16(12-27)19(17(13-28)22(29-4)30-21)15-8-5-7-14(11-26)20(15)25/h5,7-8,13,18-19H,6,9-10,28H2,1-4H3,(H,29,30)/b17-13-. The Hall–Kier alpha value is -3.72. The Balaban J connectivity index is 2.19. The first kappa shape index (κ1) is 23.9. The van der Waals surface area contributed by atoms with Crippen LogP contribution in [0.15, 0.2) is 46.2 Å². The first-order valence-electron chi connectivity index (χ1n) is 10.7. The minimum atomic E-state index is -0.642. The lowest BCUT2D eigenvalue weighted by molar-refractivity contribution is 0.0246. The number of ether oxygens (including phenoxy) is 1. The van der Waals surface area contributed by atoms with Crippen molar-refractivity contribution in [2.75, 3.05) is 13.6 Å². The summed E-state index contributed by atoms with van der Waals surface area (Å²) in [7, 11) is 7.94. The van der Waals surface area contributed by atoms with Gasteiger partial charge in [-0.05, 0) is 45.2 Å². The molecule has 2 aliphatic heterocycles. The van der Waals surface area contributed by atoms with E-state index in [2.05, 4.69) is 22.4 Å². The van der Waals surface area contributed by atoms with Crippen LogP contribution in [-0.2, 0) is 4.74 Å². The zero-order valence-corrected chi connectivity index (χ0v) is 19.3. The van der Waals surface area contributed by atoms with Crippen LogP contribution in [0, 0.1) is 22.7 Å². The van der Waals surface area contributed by atoms with Crippen molar-refractivity contribution in [2.24, 2.45) is 10.7 Å². The normalized spacial score (nSPS) is 23.3.